The number of Topliss-reactive ketones (excluding diaryl/α,β-unsaturated/α-hetero) is 1. The molecular formula is C14H18BrNO2. The van der Waals surface area contributed by atoms with Crippen molar-refractivity contribution in [1.29, 1.82) is 0 Å². The van der Waals surface area contributed by atoms with Crippen molar-refractivity contribution in [2.75, 3.05) is 0 Å². The van der Waals surface area contributed by atoms with Crippen LogP contribution in [-0.4, -0.2) is 21.5 Å². The smallest absolute Gasteiger partial charge is 0.170 e. The summed E-state index contributed by atoms with van der Waals surface area (Å²) >= 11 is 3.31. The Morgan fingerprint density at radius 2 is 1.94 bits per heavy atom. The molecule has 1 aromatic heterocycles. The van der Waals surface area contributed by atoms with Crippen molar-refractivity contribution in [2.24, 2.45) is 0 Å². The van der Waals surface area contributed by atoms with Crippen molar-refractivity contribution >= 4 is 21.7 Å². The lowest BCUT2D eigenvalue weighted by molar-refractivity contribution is -0.138. The zero-order chi connectivity index (χ0) is 13.0. The highest BCUT2D eigenvalue weighted by atomic mass is 79.9. The molecule has 98 valence electrons. The zero-order valence-electron chi connectivity index (χ0n) is 10.4. The van der Waals surface area contributed by atoms with E-state index in [1.165, 1.54) is 0 Å². The van der Waals surface area contributed by atoms with Gasteiger partial charge in [-0.05, 0) is 40.9 Å². The first kappa shape index (κ1) is 13.7. The standard InChI is InChI=1S/C14H18BrNO2/c15-11-5-6-12(16-10-11)9-13(17)14(18)7-3-1-2-4-8-14/h5-6,10,18H,1-4,7-9H2. The van der Waals surface area contributed by atoms with Gasteiger partial charge in [-0.15, -0.1) is 0 Å². The first-order chi connectivity index (χ1) is 8.60. The Hall–Kier alpha value is -0.740. The van der Waals surface area contributed by atoms with Crippen LogP contribution in [0.2, 0.25) is 0 Å². The molecule has 0 amide bonds. The maximum atomic E-state index is 12.2. The van der Waals surface area contributed by atoms with Gasteiger partial charge in [0.25, 0.3) is 0 Å². The summed E-state index contributed by atoms with van der Waals surface area (Å²) in [5, 5.41) is 10.4. The van der Waals surface area contributed by atoms with Crippen molar-refractivity contribution in [1.82, 2.24) is 4.98 Å². The fourth-order valence-corrected chi connectivity index (χ4v) is 2.67. The number of carbonyl (C=O) groups excluding carboxylic acids is 1. The summed E-state index contributed by atoms with van der Waals surface area (Å²) in [5.41, 5.74) is -0.397. The quantitative estimate of drug-likeness (QED) is 0.873. The highest BCUT2D eigenvalue weighted by molar-refractivity contribution is 9.10. The van der Waals surface area contributed by atoms with Gasteiger partial charge in [0, 0.05) is 16.4 Å². The van der Waals surface area contributed by atoms with E-state index in [4.69, 9.17) is 0 Å². The summed E-state index contributed by atoms with van der Waals surface area (Å²) < 4.78 is 0.895. The average Bonchev–Trinajstić information content (AvgIpc) is 2.58. The van der Waals surface area contributed by atoms with Gasteiger partial charge in [0.05, 0.1) is 6.42 Å². The van der Waals surface area contributed by atoms with Crippen molar-refractivity contribution < 1.29 is 9.90 Å². The lowest BCUT2D eigenvalue weighted by Crippen LogP contribution is -2.39. The predicted molar refractivity (Wildman–Crippen MR) is 73.3 cm³/mol. The van der Waals surface area contributed by atoms with E-state index >= 15 is 0 Å². The molecule has 0 aliphatic heterocycles. The Labute approximate surface area is 116 Å². The molecule has 1 aromatic rings. The van der Waals surface area contributed by atoms with Gasteiger partial charge in [0.15, 0.2) is 5.78 Å². The number of rotatable bonds is 3. The number of pyridine rings is 1. The second-order valence-electron chi connectivity index (χ2n) is 5.01. The van der Waals surface area contributed by atoms with Crippen molar-refractivity contribution in [2.45, 2.75) is 50.5 Å². The van der Waals surface area contributed by atoms with E-state index < -0.39 is 5.60 Å². The van der Waals surface area contributed by atoms with Gasteiger partial charge in [0.2, 0.25) is 0 Å². The van der Waals surface area contributed by atoms with Gasteiger partial charge < -0.3 is 5.11 Å². The molecule has 1 saturated carbocycles. The largest absolute Gasteiger partial charge is 0.382 e. The molecule has 1 aliphatic carbocycles. The third-order valence-electron chi connectivity index (χ3n) is 3.58. The van der Waals surface area contributed by atoms with Gasteiger partial charge in [-0.3, -0.25) is 9.78 Å². The van der Waals surface area contributed by atoms with Crippen LogP contribution in [0.15, 0.2) is 22.8 Å². The van der Waals surface area contributed by atoms with Crippen molar-refractivity contribution in [3.05, 3.63) is 28.5 Å². The van der Waals surface area contributed by atoms with E-state index in [-0.39, 0.29) is 12.2 Å². The number of halogens is 1. The molecule has 1 N–H and O–H groups in total. The minimum atomic E-state index is -1.12. The van der Waals surface area contributed by atoms with Crippen LogP contribution in [0.25, 0.3) is 0 Å². The first-order valence-electron chi connectivity index (χ1n) is 6.46. The molecule has 4 heteroatoms. The molecule has 1 heterocycles. The number of carbonyl (C=O) groups is 1. The summed E-state index contributed by atoms with van der Waals surface area (Å²) in [4.78, 5) is 16.4. The minimum Gasteiger partial charge on any atom is -0.382 e. The summed E-state index contributed by atoms with van der Waals surface area (Å²) in [6, 6.07) is 3.69. The van der Waals surface area contributed by atoms with Gasteiger partial charge >= 0.3 is 0 Å². The fourth-order valence-electron chi connectivity index (χ4n) is 2.43. The number of ketones is 1. The van der Waals surface area contributed by atoms with Crippen LogP contribution in [0.3, 0.4) is 0 Å². The van der Waals surface area contributed by atoms with Gasteiger partial charge in [-0.25, -0.2) is 0 Å². The summed E-state index contributed by atoms with van der Waals surface area (Å²) in [7, 11) is 0. The predicted octanol–water partition coefficient (Wildman–Crippen LogP) is 3.04. The molecule has 0 unspecified atom stereocenters. The number of hydrogen-bond acceptors (Lipinski definition) is 3. The van der Waals surface area contributed by atoms with Crippen LogP contribution < -0.4 is 0 Å². The molecule has 1 fully saturated rings. The van der Waals surface area contributed by atoms with Crippen LogP contribution in [0.5, 0.6) is 0 Å². The molecule has 0 atom stereocenters. The molecule has 1 aliphatic rings. The molecule has 18 heavy (non-hydrogen) atoms. The van der Waals surface area contributed by atoms with E-state index in [1.54, 1.807) is 6.20 Å². The van der Waals surface area contributed by atoms with E-state index in [0.29, 0.717) is 12.8 Å². The first-order valence-corrected chi connectivity index (χ1v) is 7.26. The Kier molecular flexibility index (Phi) is 4.51. The van der Waals surface area contributed by atoms with Crippen LogP contribution in [-0.2, 0) is 11.2 Å². The number of aliphatic hydroxyl groups is 1. The molecule has 0 saturated heterocycles. The lowest BCUT2D eigenvalue weighted by atomic mass is 9.87. The van der Waals surface area contributed by atoms with Crippen LogP contribution in [0.4, 0.5) is 0 Å². The second kappa shape index (κ2) is 5.93. The van der Waals surface area contributed by atoms with Gasteiger partial charge in [-0.2, -0.15) is 0 Å². The Morgan fingerprint density at radius 1 is 1.28 bits per heavy atom. The number of aromatic nitrogens is 1. The highest BCUT2D eigenvalue weighted by Gasteiger charge is 2.35. The fraction of sp³-hybridized carbons (Fsp3) is 0.571. The lowest BCUT2D eigenvalue weighted by Gasteiger charge is -2.24. The van der Waals surface area contributed by atoms with E-state index in [0.717, 1.165) is 35.8 Å². The van der Waals surface area contributed by atoms with Crippen molar-refractivity contribution in [3.63, 3.8) is 0 Å². The van der Waals surface area contributed by atoms with Gasteiger partial charge in [-0.1, -0.05) is 25.7 Å². The van der Waals surface area contributed by atoms with Crippen LogP contribution >= 0.6 is 15.9 Å². The summed E-state index contributed by atoms with van der Waals surface area (Å²) in [6.45, 7) is 0. The minimum absolute atomic E-state index is 0.0841. The second-order valence-corrected chi connectivity index (χ2v) is 5.93. The third-order valence-corrected chi connectivity index (χ3v) is 4.05. The molecule has 3 nitrogen and oxygen atoms in total. The maximum Gasteiger partial charge on any atom is 0.170 e. The average molecular weight is 312 g/mol. The monoisotopic (exact) mass is 311 g/mol. The van der Waals surface area contributed by atoms with E-state index in [2.05, 4.69) is 20.9 Å². The molecule has 2 rings (SSSR count). The van der Waals surface area contributed by atoms with Crippen molar-refractivity contribution in [3.8, 4) is 0 Å². The molecule has 0 aromatic carbocycles. The summed E-state index contributed by atoms with van der Waals surface area (Å²) in [6.07, 6.45) is 7.22. The van der Waals surface area contributed by atoms with E-state index in [9.17, 15) is 9.90 Å². The number of nitrogens with zero attached hydrogens (tertiary/aromatic N) is 1. The third kappa shape index (κ3) is 3.39. The van der Waals surface area contributed by atoms with Crippen LogP contribution in [0.1, 0.15) is 44.2 Å². The SMILES string of the molecule is O=C(Cc1ccc(Br)cn1)C1(O)CCCCCC1. The molecule has 0 radical (unpaired) electrons. The topological polar surface area (TPSA) is 50.2 Å². The Balaban J connectivity index is 2.03. The highest BCUT2D eigenvalue weighted by Crippen LogP contribution is 2.28. The maximum absolute atomic E-state index is 12.2. The zero-order valence-corrected chi connectivity index (χ0v) is 11.9. The molecule has 0 spiro atoms. The Bertz CT molecular complexity index is 408. The summed E-state index contributed by atoms with van der Waals surface area (Å²) in [5.74, 6) is -0.0841. The molecule has 0 bridgehead atoms. The number of hydrogen-bond donors (Lipinski definition) is 1. The van der Waals surface area contributed by atoms with Gasteiger partial charge in [0.1, 0.15) is 5.60 Å². The van der Waals surface area contributed by atoms with E-state index in [1.807, 2.05) is 12.1 Å². The van der Waals surface area contributed by atoms with Crippen LogP contribution in [0, 0.1) is 0 Å². The normalized spacial score (nSPS) is 19.2. The Morgan fingerprint density at radius 3 is 2.50 bits per heavy atom. The molecular weight excluding hydrogens is 294 g/mol.